The molecule has 0 amide bonds. The van der Waals surface area contributed by atoms with E-state index in [0.29, 0.717) is 5.92 Å². The zero-order valence-electron chi connectivity index (χ0n) is 10.4. The molecule has 0 saturated heterocycles. The minimum Gasteiger partial charge on any atom is -0.483 e. The van der Waals surface area contributed by atoms with Crippen molar-refractivity contribution < 1.29 is 4.74 Å². The van der Waals surface area contributed by atoms with E-state index in [4.69, 9.17) is 15.9 Å². The van der Waals surface area contributed by atoms with Crippen LogP contribution in [0.25, 0.3) is 0 Å². The SMILES string of the molecule is Cc1ccc(C(C)C)c(OC(C)C(=N)N)c1. The van der Waals surface area contributed by atoms with Crippen LogP contribution in [0.5, 0.6) is 5.75 Å². The highest BCUT2D eigenvalue weighted by atomic mass is 16.5. The number of amidine groups is 1. The van der Waals surface area contributed by atoms with E-state index in [2.05, 4.69) is 26.0 Å². The van der Waals surface area contributed by atoms with Gasteiger partial charge in [-0.1, -0.05) is 26.0 Å². The number of rotatable bonds is 4. The molecule has 0 aliphatic rings. The Labute approximate surface area is 97.1 Å². The Morgan fingerprint density at radius 2 is 1.94 bits per heavy atom. The molecule has 3 nitrogen and oxygen atoms in total. The number of nitrogens with two attached hydrogens (primary N) is 1. The molecule has 0 fully saturated rings. The van der Waals surface area contributed by atoms with E-state index in [1.807, 2.05) is 13.0 Å². The molecule has 1 aromatic rings. The summed E-state index contributed by atoms with van der Waals surface area (Å²) in [6.07, 6.45) is -0.376. The molecule has 0 aliphatic carbocycles. The summed E-state index contributed by atoms with van der Waals surface area (Å²) in [6.45, 7) is 8.05. The standard InChI is InChI=1S/C13H20N2O/c1-8(2)11-6-5-9(3)7-12(11)16-10(4)13(14)15/h5-8,10H,1-4H3,(H3,14,15). The second-order valence-corrected chi connectivity index (χ2v) is 4.41. The highest BCUT2D eigenvalue weighted by Crippen LogP contribution is 2.28. The van der Waals surface area contributed by atoms with Crippen LogP contribution in [0.2, 0.25) is 0 Å². The number of benzene rings is 1. The molecule has 1 rings (SSSR count). The molecular weight excluding hydrogens is 200 g/mol. The average Bonchev–Trinajstić information content (AvgIpc) is 2.16. The maximum absolute atomic E-state index is 7.33. The summed E-state index contributed by atoms with van der Waals surface area (Å²) in [5, 5.41) is 7.33. The van der Waals surface area contributed by atoms with Gasteiger partial charge in [-0.15, -0.1) is 0 Å². The van der Waals surface area contributed by atoms with Gasteiger partial charge in [0.2, 0.25) is 0 Å². The first-order valence-electron chi connectivity index (χ1n) is 5.53. The maximum Gasteiger partial charge on any atom is 0.152 e. The van der Waals surface area contributed by atoms with Gasteiger partial charge in [0.15, 0.2) is 6.10 Å². The Morgan fingerprint density at radius 3 is 2.44 bits per heavy atom. The second kappa shape index (κ2) is 5.01. The Balaban J connectivity index is 3.01. The van der Waals surface area contributed by atoms with Crippen LogP contribution in [-0.4, -0.2) is 11.9 Å². The minimum absolute atomic E-state index is 0.0520. The van der Waals surface area contributed by atoms with Crippen LogP contribution in [0.4, 0.5) is 0 Å². The summed E-state index contributed by atoms with van der Waals surface area (Å²) in [4.78, 5) is 0. The van der Waals surface area contributed by atoms with Gasteiger partial charge in [0.1, 0.15) is 11.6 Å². The molecule has 88 valence electrons. The third-order valence-electron chi connectivity index (χ3n) is 2.53. The molecule has 0 aliphatic heterocycles. The summed E-state index contributed by atoms with van der Waals surface area (Å²) in [5.41, 5.74) is 7.71. The molecule has 1 unspecified atom stereocenters. The van der Waals surface area contributed by atoms with Gasteiger partial charge >= 0.3 is 0 Å². The van der Waals surface area contributed by atoms with E-state index in [9.17, 15) is 0 Å². The van der Waals surface area contributed by atoms with E-state index < -0.39 is 0 Å². The van der Waals surface area contributed by atoms with Crippen molar-refractivity contribution in [1.82, 2.24) is 0 Å². The lowest BCUT2D eigenvalue weighted by Gasteiger charge is -2.18. The van der Waals surface area contributed by atoms with Gasteiger partial charge in [0, 0.05) is 0 Å². The molecule has 0 spiro atoms. The van der Waals surface area contributed by atoms with Gasteiger partial charge in [-0.25, -0.2) is 0 Å². The Hall–Kier alpha value is -1.51. The normalized spacial score (nSPS) is 12.6. The topological polar surface area (TPSA) is 59.1 Å². The fourth-order valence-electron chi connectivity index (χ4n) is 1.47. The summed E-state index contributed by atoms with van der Waals surface area (Å²) >= 11 is 0. The van der Waals surface area contributed by atoms with Gasteiger partial charge in [-0.3, -0.25) is 5.41 Å². The Bertz CT molecular complexity index is 386. The van der Waals surface area contributed by atoms with E-state index in [1.165, 1.54) is 0 Å². The predicted octanol–water partition coefficient (Wildman–Crippen LogP) is 2.82. The maximum atomic E-state index is 7.33. The lowest BCUT2D eigenvalue weighted by molar-refractivity contribution is 0.280. The number of hydrogen-bond acceptors (Lipinski definition) is 2. The third-order valence-corrected chi connectivity index (χ3v) is 2.53. The van der Waals surface area contributed by atoms with Gasteiger partial charge in [0.25, 0.3) is 0 Å². The van der Waals surface area contributed by atoms with E-state index >= 15 is 0 Å². The largest absolute Gasteiger partial charge is 0.483 e. The number of aryl methyl sites for hydroxylation is 1. The monoisotopic (exact) mass is 220 g/mol. The second-order valence-electron chi connectivity index (χ2n) is 4.41. The first kappa shape index (κ1) is 12.6. The lowest BCUT2D eigenvalue weighted by Crippen LogP contribution is -2.30. The molecule has 16 heavy (non-hydrogen) atoms. The van der Waals surface area contributed by atoms with Crippen molar-refractivity contribution in [3.05, 3.63) is 29.3 Å². The van der Waals surface area contributed by atoms with Crippen molar-refractivity contribution in [2.75, 3.05) is 0 Å². The molecule has 3 N–H and O–H groups in total. The molecule has 0 heterocycles. The molecule has 3 heteroatoms. The van der Waals surface area contributed by atoms with Gasteiger partial charge in [0.05, 0.1) is 0 Å². The fourth-order valence-corrected chi connectivity index (χ4v) is 1.47. The minimum atomic E-state index is -0.376. The first-order valence-corrected chi connectivity index (χ1v) is 5.53. The molecule has 1 aromatic carbocycles. The van der Waals surface area contributed by atoms with Gasteiger partial charge < -0.3 is 10.5 Å². The van der Waals surface area contributed by atoms with Crippen LogP contribution in [0.3, 0.4) is 0 Å². The Kier molecular flexibility index (Phi) is 3.93. The summed E-state index contributed by atoms with van der Waals surface area (Å²) in [7, 11) is 0. The highest BCUT2D eigenvalue weighted by Gasteiger charge is 2.12. The molecule has 1 atom stereocenters. The molecule has 0 aromatic heterocycles. The zero-order valence-corrected chi connectivity index (χ0v) is 10.4. The predicted molar refractivity (Wildman–Crippen MR) is 67.3 cm³/mol. The lowest BCUT2D eigenvalue weighted by atomic mass is 10.0. The van der Waals surface area contributed by atoms with Gasteiger partial charge in [-0.05, 0) is 37.0 Å². The van der Waals surface area contributed by atoms with E-state index in [-0.39, 0.29) is 11.9 Å². The van der Waals surface area contributed by atoms with E-state index in [1.54, 1.807) is 6.92 Å². The average molecular weight is 220 g/mol. The van der Waals surface area contributed by atoms with Crippen LogP contribution in [0.1, 0.15) is 37.8 Å². The van der Waals surface area contributed by atoms with Crippen LogP contribution < -0.4 is 10.5 Å². The van der Waals surface area contributed by atoms with Crippen molar-refractivity contribution in [2.45, 2.75) is 39.7 Å². The van der Waals surface area contributed by atoms with Crippen LogP contribution >= 0.6 is 0 Å². The third kappa shape index (κ3) is 2.99. The first-order chi connectivity index (χ1) is 7.41. The quantitative estimate of drug-likeness (QED) is 0.605. The van der Waals surface area contributed by atoms with Crippen molar-refractivity contribution in [3.8, 4) is 5.75 Å². The van der Waals surface area contributed by atoms with Crippen LogP contribution in [0.15, 0.2) is 18.2 Å². The van der Waals surface area contributed by atoms with E-state index in [0.717, 1.165) is 16.9 Å². The summed E-state index contributed by atoms with van der Waals surface area (Å²) in [5.74, 6) is 1.28. The fraction of sp³-hybridized carbons (Fsp3) is 0.462. The van der Waals surface area contributed by atoms with Gasteiger partial charge in [-0.2, -0.15) is 0 Å². The highest BCUT2D eigenvalue weighted by molar-refractivity contribution is 5.81. The van der Waals surface area contributed by atoms with Crippen LogP contribution in [-0.2, 0) is 0 Å². The summed E-state index contributed by atoms with van der Waals surface area (Å²) < 4.78 is 5.70. The zero-order chi connectivity index (χ0) is 12.3. The molecular formula is C13H20N2O. The molecule has 0 radical (unpaired) electrons. The van der Waals surface area contributed by atoms with Crippen molar-refractivity contribution in [2.24, 2.45) is 5.73 Å². The number of hydrogen-bond donors (Lipinski definition) is 2. The smallest absolute Gasteiger partial charge is 0.152 e. The Morgan fingerprint density at radius 1 is 1.31 bits per heavy atom. The number of ether oxygens (including phenoxy) is 1. The molecule has 0 saturated carbocycles. The van der Waals surface area contributed by atoms with Crippen molar-refractivity contribution in [3.63, 3.8) is 0 Å². The summed E-state index contributed by atoms with van der Waals surface area (Å²) in [6, 6.07) is 6.14. The van der Waals surface area contributed by atoms with Crippen LogP contribution in [0, 0.1) is 12.3 Å². The van der Waals surface area contributed by atoms with Crippen molar-refractivity contribution >= 4 is 5.84 Å². The number of nitrogens with one attached hydrogen (secondary N) is 1. The van der Waals surface area contributed by atoms with Crippen molar-refractivity contribution in [1.29, 1.82) is 5.41 Å². The molecule has 0 bridgehead atoms.